The van der Waals surface area contributed by atoms with E-state index in [-0.39, 0.29) is 0 Å². The summed E-state index contributed by atoms with van der Waals surface area (Å²) in [5, 5.41) is 12.1. The Balaban J connectivity index is 2.17. The fraction of sp³-hybridized carbons (Fsp3) is 0.0714. The number of nitriles is 1. The second kappa shape index (κ2) is 4.30. The molecule has 0 saturated heterocycles. The molecule has 3 aromatic rings. The van der Waals surface area contributed by atoms with Gasteiger partial charge in [-0.15, -0.1) is 11.3 Å². The molecule has 0 unspecified atom stereocenters. The molecule has 0 aliphatic heterocycles. The number of nitrogens with zero attached hydrogens (tertiary/aromatic N) is 1. The van der Waals surface area contributed by atoms with Crippen molar-refractivity contribution in [2.24, 2.45) is 5.73 Å². The number of nitrogens with one attached hydrogen (secondary N) is 1. The predicted octanol–water partition coefficient (Wildman–Crippen LogP) is 3.23. The average Bonchev–Trinajstić information content (AvgIpc) is 3.03. The number of benzene rings is 1. The van der Waals surface area contributed by atoms with Crippen molar-refractivity contribution < 1.29 is 0 Å². The molecule has 4 heteroatoms. The van der Waals surface area contributed by atoms with E-state index in [1.165, 1.54) is 11.3 Å². The van der Waals surface area contributed by atoms with Gasteiger partial charge in [0.15, 0.2) is 0 Å². The number of hydrogen-bond acceptors (Lipinski definition) is 3. The standard InChI is InChI=1S/C14H11N3S/c15-7-9-1-2-12-10(5-9)6-13(17-12)11-3-4-18-14(11)8-16/h1-6,17H,7,15H2. The Kier molecular flexibility index (Phi) is 2.63. The number of fused-ring (bicyclic) bond motifs is 1. The summed E-state index contributed by atoms with van der Waals surface area (Å²) < 4.78 is 0. The van der Waals surface area contributed by atoms with Crippen LogP contribution >= 0.6 is 11.3 Å². The monoisotopic (exact) mass is 253 g/mol. The first-order valence-corrected chi connectivity index (χ1v) is 6.49. The van der Waals surface area contributed by atoms with E-state index in [1.54, 1.807) is 0 Å². The molecule has 0 aliphatic rings. The quantitative estimate of drug-likeness (QED) is 0.736. The van der Waals surface area contributed by atoms with Crippen LogP contribution in [-0.2, 0) is 6.54 Å². The number of hydrogen-bond donors (Lipinski definition) is 2. The first kappa shape index (κ1) is 11.0. The van der Waals surface area contributed by atoms with Gasteiger partial charge < -0.3 is 10.7 Å². The van der Waals surface area contributed by atoms with Gasteiger partial charge in [-0.05, 0) is 35.2 Å². The van der Waals surface area contributed by atoms with Gasteiger partial charge in [0.2, 0.25) is 0 Å². The van der Waals surface area contributed by atoms with Gasteiger partial charge in [-0.3, -0.25) is 0 Å². The minimum atomic E-state index is 0.540. The lowest BCUT2D eigenvalue weighted by atomic mass is 10.1. The van der Waals surface area contributed by atoms with Gasteiger partial charge >= 0.3 is 0 Å². The topological polar surface area (TPSA) is 65.6 Å². The maximum Gasteiger partial charge on any atom is 0.114 e. The van der Waals surface area contributed by atoms with Crippen molar-refractivity contribution in [1.29, 1.82) is 5.26 Å². The smallest absolute Gasteiger partial charge is 0.114 e. The highest BCUT2D eigenvalue weighted by Crippen LogP contribution is 2.30. The van der Waals surface area contributed by atoms with Crippen molar-refractivity contribution in [1.82, 2.24) is 4.98 Å². The predicted molar refractivity (Wildman–Crippen MR) is 74.2 cm³/mol. The molecule has 18 heavy (non-hydrogen) atoms. The van der Waals surface area contributed by atoms with Crippen LogP contribution in [-0.4, -0.2) is 4.98 Å². The third-order valence-corrected chi connectivity index (χ3v) is 3.80. The summed E-state index contributed by atoms with van der Waals surface area (Å²) in [5.74, 6) is 0. The van der Waals surface area contributed by atoms with Crippen LogP contribution in [0.5, 0.6) is 0 Å². The van der Waals surface area contributed by atoms with Crippen LogP contribution in [0.1, 0.15) is 10.4 Å². The molecule has 0 amide bonds. The lowest BCUT2D eigenvalue weighted by Crippen LogP contribution is -1.94. The average molecular weight is 253 g/mol. The molecule has 0 aliphatic carbocycles. The van der Waals surface area contributed by atoms with Crippen molar-refractivity contribution in [3.8, 4) is 17.3 Å². The second-order valence-corrected chi connectivity index (χ2v) is 5.00. The summed E-state index contributed by atoms with van der Waals surface area (Å²) in [6.45, 7) is 0.540. The van der Waals surface area contributed by atoms with E-state index in [1.807, 2.05) is 23.6 Å². The lowest BCUT2D eigenvalue weighted by molar-refractivity contribution is 1.08. The van der Waals surface area contributed by atoms with Gasteiger partial charge in [0.25, 0.3) is 0 Å². The lowest BCUT2D eigenvalue weighted by Gasteiger charge is -1.95. The van der Waals surface area contributed by atoms with E-state index in [0.29, 0.717) is 6.54 Å². The third-order valence-electron chi connectivity index (χ3n) is 2.98. The zero-order chi connectivity index (χ0) is 12.5. The highest BCUT2D eigenvalue weighted by Gasteiger charge is 2.09. The van der Waals surface area contributed by atoms with Crippen molar-refractivity contribution in [2.45, 2.75) is 6.54 Å². The van der Waals surface area contributed by atoms with Gasteiger partial charge in [-0.25, -0.2) is 0 Å². The van der Waals surface area contributed by atoms with Gasteiger partial charge in [-0.2, -0.15) is 5.26 Å². The Morgan fingerprint density at radius 1 is 1.28 bits per heavy atom. The molecule has 2 heterocycles. The summed E-state index contributed by atoms with van der Waals surface area (Å²) in [4.78, 5) is 4.08. The third kappa shape index (κ3) is 1.70. The van der Waals surface area contributed by atoms with Crippen molar-refractivity contribution >= 4 is 22.2 Å². The van der Waals surface area contributed by atoms with Gasteiger partial charge in [0.05, 0.1) is 0 Å². The van der Waals surface area contributed by atoms with E-state index < -0.39 is 0 Å². The van der Waals surface area contributed by atoms with Gasteiger partial charge in [0, 0.05) is 28.7 Å². The highest BCUT2D eigenvalue weighted by atomic mass is 32.1. The Morgan fingerprint density at radius 3 is 2.94 bits per heavy atom. The summed E-state index contributed by atoms with van der Waals surface area (Å²) in [7, 11) is 0. The first-order valence-electron chi connectivity index (χ1n) is 5.61. The van der Waals surface area contributed by atoms with Crippen LogP contribution < -0.4 is 5.73 Å². The fourth-order valence-corrected chi connectivity index (χ4v) is 2.76. The maximum atomic E-state index is 9.06. The fourth-order valence-electron chi connectivity index (χ4n) is 2.06. The molecule has 0 atom stereocenters. The Bertz CT molecular complexity index is 746. The zero-order valence-electron chi connectivity index (χ0n) is 9.60. The molecule has 3 nitrogen and oxygen atoms in total. The normalized spacial score (nSPS) is 10.7. The van der Waals surface area contributed by atoms with Crippen LogP contribution in [0.15, 0.2) is 35.7 Å². The molecule has 3 rings (SSSR count). The number of aromatic amines is 1. The molecule has 88 valence electrons. The van der Waals surface area contributed by atoms with Crippen molar-refractivity contribution in [2.75, 3.05) is 0 Å². The van der Waals surface area contributed by atoms with E-state index in [2.05, 4.69) is 23.2 Å². The number of nitrogens with two attached hydrogens (primary N) is 1. The molecule has 2 aromatic heterocycles. The summed E-state index contributed by atoms with van der Waals surface area (Å²) >= 11 is 1.46. The van der Waals surface area contributed by atoms with E-state index in [9.17, 15) is 0 Å². The van der Waals surface area contributed by atoms with E-state index >= 15 is 0 Å². The van der Waals surface area contributed by atoms with E-state index in [0.717, 1.165) is 32.6 Å². The van der Waals surface area contributed by atoms with Crippen LogP contribution in [0, 0.1) is 11.3 Å². The van der Waals surface area contributed by atoms with Crippen LogP contribution in [0.25, 0.3) is 22.2 Å². The molecule has 1 aromatic carbocycles. The number of rotatable bonds is 2. The second-order valence-electron chi connectivity index (χ2n) is 4.08. The van der Waals surface area contributed by atoms with E-state index in [4.69, 9.17) is 11.0 Å². The molecular formula is C14H11N3S. The minimum Gasteiger partial charge on any atom is -0.354 e. The largest absolute Gasteiger partial charge is 0.354 e. The highest BCUT2D eigenvalue weighted by molar-refractivity contribution is 7.11. The van der Waals surface area contributed by atoms with Gasteiger partial charge in [-0.1, -0.05) is 6.07 Å². The van der Waals surface area contributed by atoms with Crippen molar-refractivity contribution in [3.63, 3.8) is 0 Å². The zero-order valence-corrected chi connectivity index (χ0v) is 10.4. The Hall–Kier alpha value is -2.09. The maximum absolute atomic E-state index is 9.06. The van der Waals surface area contributed by atoms with Crippen molar-refractivity contribution in [3.05, 3.63) is 46.2 Å². The minimum absolute atomic E-state index is 0.540. The molecule has 0 spiro atoms. The number of H-pyrrole nitrogens is 1. The summed E-state index contributed by atoms with van der Waals surface area (Å²) in [6, 6.07) is 12.4. The molecule has 0 radical (unpaired) electrons. The first-order chi connectivity index (χ1) is 8.81. The summed E-state index contributed by atoms with van der Waals surface area (Å²) in [5.41, 5.74) is 9.76. The molecule has 0 fully saturated rings. The molecule has 0 saturated carbocycles. The molecule has 0 bridgehead atoms. The van der Waals surface area contributed by atoms with Gasteiger partial charge in [0.1, 0.15) is 10.9 Å². The summed E-state index contributed by atoms with van der Waals surface area (Å²) in [6.07, 6.45) is 0. The van der Waals surface area contributed by atoms with Crippen LogP contribution in [0.4, 0.5) is 0 Å². The number of thiophene rings is 1. The molecule has 3 N–H and O–H groups in total. The SMILES string of the molecule is N#Cc1sccc1-c1cc2cc(CN)ccc2[nH]1. The Morgan fingerprint density at radius 2 is 2.17 bits per heavy atom. The Labute approximate surface area is 108 Å². The molecular weight excluding hydrogens is 242 g/mol. The number of aromatic nitrogens is 1. The van der Waals surface area contributed by atoms with Crippen LogP contribution in [0.3, 0.4) is 0 Å². The van der Waals surface area contributed by atoms with Crippen LogP contribution in [0.2, 0.25) is 0 Å².